The molecule has 6 heteroatoms. The van der Waals surface area contributed by atoms with Crippen molar-refractivity contribution in [2.24, 2.45) is 0 Å². The largest absolute Gasteiger partial charge is 0.496 e. The van der Waals surface area contributed by atoms with Gasteiger partial charge in [-0.1, -0.05) is 30.3 Å². The van der Waals surface area contributed by atoms with Crippen LogP contribution in [-0.4, -0.2) is 53.7 Å². The fraction of sp³-hybridized carbons (Fsp3) is 0.520. The fourth-order valence-corrected chi connectivity index (χ4v) is 5.22. The second kappa shape index (κ2) is 9.27. The van der Waals surface area contributed by atoms with Crippen molar-refractivity contribution in [2.75, 3.05) is 20.3 Å². The molecule has 2 aromatic carbocycles. The fourth-order valence-electron chi connectivity index (χ4n) is 5.22. The predicted molar refractivity (Wildman–Crippen MR) is 120 cm³/mol. The first-order valence-corrected chi connectivity index (χ1v) is 11.3. The molecule has 0 radical (unpaired) electrons. The van der Waals surface area contributed by atoms with Crippen LogP contribution >= 0.6 is 0 Å². The van der Waals surface area contributed by atoms with Crippen molar-refractivity contribution in [2.45, 2.75) is 62.9 Å². The maximum Gasteiger partial charge on any atom is 0.222 e. The summed E-state index contributed by atoms with van der Waals surface area (Å²) in [6.07, 6.45) is 5.79. The number of nitrogens with one attached hydrogen (secondary N) is 1. The molecule has 2 aliphatic heterocycles. The van der Waals surface area contributed by atoms with Gasteiger partial charge in [0.15, 0.2) is 0 Å². The quantitative estimate of drug-likeness (QED) is 0.716. The van der Waals surface area contributed by atoms with Crippen LogP contribution < -0.4 is 10.1 Å². The highest BCUT2D eigenvalue weighted by Gasteiger charge is 2.39. The van der Waals surface area contributed by atoms with E-state index >= 15 is 0 Å². The number of aliphatic hydroxyl groups is 1. The van der Waals surface area contributed by atoms with Crippen LogP contribution in [0.4, 0.5) is 0 Å². The van der Waals surface area contributed by atoms with Crippen LogP contribution in [-0.2, 0) is 16.0 Å². The Morgan fingerprint density at radius 2 is 2.03 bits per heavy atom. The lowest BCUT2D eigenvalue weighted by molar-refractivity contribution is -0.136. The number of rotatable bonds is 7. The van der Waals surface area contributed by atoms with Crippen molar-refractivity contribution in [1.29, 1.82) is 0 Å². The number of hydrogen-bond acceptors (Lipinski definition) is 4. The number of fused-ring (bicyclic) bond motifs is 1. The van der Waals surface area contributed by atoms with E-state index in [2.05, 4.69) is 17.4 Å². The van der Waals surface area contributed by atoms with Crippen LogP contribution in [0, 0.1) is 0 Å². The van der Waals surface area contributed by atoms with E-state index < -0.39 is 5.54 Å². The molecule has 2 aromatic rings. The molecule has 0 unspecified atom stereocenters. The SMILES string of the molecule is COc1ccc(C[C@@]2(CCC(=O)N3CCCC[C@@H]3CO)CCC(=O)N2)c2ccccc12. The van der Waals surface area contributed by atoms with Crippen LogP contribution in [0.3, 0.4) is 0 Å². The summed E-state index contributed by atoms with van der Waals surface area (Å²) in [6, 6.07) is 12.1. The number of ether oxygens (including phenoxy) is 1. The molecule has 0 aromatic heterocycles. The van der Waals surface area contributed by atoms with Crippen LogP contribution in [0.5, 0.6) is 5.75 Å². The normalized spacial score (nSPS) is 23.7. The Kier molecular flexibility index (Phi) is 6.46. The number of benzene rings is 2. The molecule has 2 atom stereocenters. The van der Waals surface area contributed by atoms with Crippen LogP contribution in [0.1, 0.15) is 50.5 Å². The van der Waals surface area contributed by atoms with E-state index in [0.29, 0.717) is 32.2 Å². The Hall–Kier alpha value is -2.60. The van der Waals surface area contributed by atoms with E-state index in [4.69, 9.17) is 4.74 Å². The molecule has 2 N–H and O–H groups in total. The lowest BCUT2D eigenvalue weighted by Crippen LogP contribution is -2.48. The van der Waals surface area contributed by atoms with E-state index in [1.165, 1.54) is 0 Å². The summed E-state index contributed by atoms with van der Waals surface area (Å²) in [5, 5.41) is 15.0. The van der Waals surface area contributed by atoms with Crippen molar-refractivity contribution in [3.63, 3.8) is 0 Å². The summed E-state index contributed by atoms with van der Waals surface area (Å²) in [5.41, 5.74) is 0.728. The van der Waals surface area contributed by atoms with E-state index in [-0.39, 0.29) is 24.5 Å². The Morgan fingerprint density at radius 1 is 1.23 bits per heavy atom. The van der Waals surface area contributed by atoms with E-state index in [1.54, 1.807) is 7.11 Å². The van der Waals surface area contributed by atoms with Gasteiger partial charge in [0.1, 0.15) is 5.75 Å². The summed E-state index contributed by atoms with van der Waals surface area (Å²) in [4.78, 5) is 27.0. The molecular formula is C25H32N2O4. The number of aliphatic hydroxyl groups excluding tert-OH is 1. The third-order valence-electron chi connectivity index (χ3n) is 6.93. The molecule has 2 heterocycles. The van der Waals surface area contributed by atoms with Crippen LogP contribution in [0.15, 0.2) is 36.4 Å². The van der Waals surface area contributed by atoms with Gasteiger partial charge in [-0.2, -0.15) is 0 Å². The summed E-state index contributed by atoms with van der Waals surface area (Å²) >= 11 is 0. The summed E-state index contributed by atoms with van der Waals surface area (Å²) in [7, 11) is 1.67. The monoisotopic (exact) mass is 424 g/mol. The number of likely N-dealkylation sites (tertiary alicyclic amines) is 1. The van der Waals surface area contributed by atoms with Gasteiger partial charge in [0.2, 0.25) is 11.8 Å². The molecule has 31 heavy (non-hydrogen) atoms. The molecular weight excluding hydrogens is 392 g/mol. The Morgan fingerprint density at radius 3 is 2.74 bits per heavy atom. The number of piperidine rings is 1. The third kappa shape index (κ3) is 4.54. The zero-order valence-electron chi connectivity index (χ0n) is 18.2. The first kappa shape index (κ1) is 21.6. The molecule has 2 amide bonds. The first-order valence-electron chi connectivity index (χ1n) is 11.3. The third-order valence-corrected chi connectivity index (χ3v) is 6.93. The van der Waals surface area contributed by atoms with E-state index in [9.17, 15) is 14.7 Å². The van der Waals surface area contributed by atoms with Gasteiger partial charge in [-0.3, -0.25) is 9.59 Å². The van der Waals surface area contributed by atoms with Gasteiger partial charge in [-0.15, -0.1) is 0 Å². The van der Waals surface area contributed by atoms with Crippen molar-refractivity contribution in [3.8, 4) is 5.75 Å². The molecule has 2 saturated heterocycles. The lowest BCUT2D eigenvalue weighted by Gasteiger charge is -2.36. The van der Waals surface area contributed by atoms with Gasteiger partial charge in [0, 0.05) is 30.3 Å². The molecule has 6 nitrogen and oxygen atoms in total. The number of nitrogens with zero attached hydrogens (tertiary/aromatic N) is 1. The summed E-state index contributed by atoms with van der Waals surface area (Å²) in [6.45, 7) is 0.734. The van der Waals surface area contributed by atoms with Gasteiger partial charge in [-0.25, -0.2) is 0 Å². The average Bonchev–Trinajstić information content (AvgIpc) is 3.18. The Bertz CT molecular complexity index is 960. The molecule has 0 bridgehead atoms. The molecule has 0 saturated carbocycles. The second-order valence-corrected chi connectivity index (χ2v) is 8.90. The number of amides is 2. The van der Waals surface area contributed by atoms with Gasteiger partial charge in [0.05, 0.1) is 19.8 Å². The molecule has 4 rings (SSSR count). The van der Waals surface area contributed by atoms with Gasteiger partial charge < -0.3 is 20.1 Å². The standard InChI is InChI=1S/C25H32N2O4/c1-31-22-10-9-18(20-7-2-3-8-21(20)22)16-25(13-11-23(29)26-25)14-12-24(30)27-15-5-4-6-19(27)17-28/h2-3,7-10,19,28H,4-6,11-17H2,1H3,(H,26,29)/t19-,25+/m1/s1. The predicted octanol–water partition coefficient (Wildman–Crippen LogP) is 3.19. The second-order valence-electron chi connectivity index (χ2n) is 8.90. The highest BCUT2D eigenvalue weighted by atomic mass is 16.5. The average molecular weight is 425 g/mol. The van der Waals surface area contributed by atoms with Crippen molar-refractivity contribution < 1.29 is 19.4 Å². The molecule has 0 aliphatic carbocycles. The minimum atomic E-state index is -0.422. The van der Waals surface area contributed by atoms with Crippen molar-refractivity contribution >= 4 is 22.6 Å². The highest BCUT2D eigenvalue weighted by molar-refractivity contribution is 5.91. The van der Waals surface area contributed by atoms with Gasteiger partial charge in [0.25, 0.3) is 0 Å². The highest BCUT2D eigenvalue weighted by Crippen LogP contribution is 2.35. The van der Waals surface area contributed by atoms with Crippen LogP contribution in [0.25, 0.3) is 10.8 Å². The Labute approximate surface area is 183 Å². The maximum absolute atomic E-state index is 13.0. The number of hydrogen-bond donors (Lipinski definition) is 2. The van der Waals surface area contributed by atoms with Crippen molar-refractivity contribution in [1.82, 2.24) is 10.2 Å². The molecule has 0 spiro atoms. The number of methoxy groups -OCH3 is 1. The van der Waals surface area contributed by atoms with Gasteiger partial charge in [-0.05, 0) is 55.5 Å². The molecule has 166 valence electrons. The van der Waals surface area contributed by atoms with E-state index in [0.717, 1.165) is 47.8 Å². The first-order chi connectivity index (χ1) is 15.0. The zero-order valence-corrected chi connectivity index (χ0v) is 18.2. The van der Waals surface area contributed by atoms with Crippen molar-refractivity contribution in [3.05, 3.63) is 42.0 Å². The summed E-state index contributed by atoms with van der Waals surface area (Å²) in [5.74, 6) is 0.967. The zero-order chi connectivity index (χ0) is 21.8. The maximum atomic E-state index is 13.0. The van der Waals surface area contributed by atoms with E-state index in [1.807, 2.05) is 29.2 Å². The smallest absolute Gasteiger partial charge is 0.222 e. The number of carbonyl (C=O) groups excluding carboxylic acids is 2. The summed E-state index contributed by atoms with van der Waals surface area (Å²) < 4.78 is 5.52. The number of carbonyl (C=O) groups is 2. The van der Waals surface area contributed by atoms with Crippen LogP contribution in [0.2, 0.25) is 0 Å². The molecule has 2 aliphatic rings. The topological polar surface area (TPSA) is 78.9 Å². The van der Waals surface area contributed by atoms with Gasteiger partial charge >= 0.3 is 0 Å². The minimum absolute atomic E-state index is 0.0193. The molecule has 2 fully saturated rings. The lowest BCUT2D eigenvalue weighted by atomic mass is 9.83. The minimum Gasteiger partial charge on any atom is -0.496 e. The Balaban J connectivity index is 1.55.